The monoisotopic (exact) mass is 321 g/mol. The second-order valence-electron chi connectivity index (χ2n) is 5.99. The minimum Gasteiger partial charge on any atom is -0.352 e. The molecule has 3 N–H and O–H groups in total. The summed E-state index contributed by atoms with van der Waals surface area (Å²) < 4.78 is 12.9. The van der Waals surface area contributed by atoms with E-state index in [2.05, 4.69) is 10.2 Å². The van der Waals surface area contributed by atoms with E-state index in [1.54, 1.807) is 12.1 Å². The van der Waals surface area contributed by atoms with Crippen LogP contribution in [0.2, 0.25) is 0 Å². The fourth-order valence-electron chi connectivity index (χ4n) is 2.94. The average Bonchev–Trinajstić information content (AvgIpc) is 2.55. The van der Waals surface area contributed by atoms with Gasteiger partial charge >= 0.3 is 6.03 Å². The van der Waals surface area contributed by atoms with Crippen molar-refractivity contribution in [1.82, 2.24) is 10.2 Å². The third-order valence-electron chi connectivity index (χ3n) is 4.29. The highest BCUT2D eigenvalue weighted by molar-refractivity contribution is 5.97. The van der Waals surface area contributed by atoms with Crippen molar-refractivity contribution in [2.24, 2.45) is 11.7 Å². The number of hydrogen-bond donors (Lipinski definition) is 2. The lowest BCUT2D eigenvalue weighted by Gasteiger charge is -2.31. The van der Waals surface area contributed by atoms with Gasteiger partial charge in [-0.15, -0.1) is 0 Å². The van der Waals surface area contributed by atoms with Crippen LogP contribution in [0.1, 0.15) is 36.0 Å². The molecule has 0 aliphatic carbocycles. The number of carbonyl (C=O) groups is 2. The van der Waals surface area contributed by atoms with E-state index < -0.39 is 6.03 Å². The summed E-state index contributed by atoms with van der Waals surface area (Å²) in [7, 11) is 0. The van der Waals surface area contributed by atoms with Crippen molar-refractivity contribution >= 4 is 11.8 Å². The average molecular weight is 321 g/mol. The van der Waals surface area contributed by atoms with Crippen molar-refractivity contribution in [3.63, 3.8) is 0 Å². The molecule has 0 radical (unpaired) electrons. The van der Waals surface area contributed by atoms with Gasteiger partial charge in [0.05, 0.1) is 0 Å². The Kier molecular flexibility index (Phi) is 6.52. The fourth-order valence-corrected chi connectivity index (χ4v) is 2.94. The van der Waals surface area contributed by atoms with Crippen LogP contribution in [0.15, 0.2) is 24.3 Å². The van der Waals surface area contributed by atoms with E-state index in [0.29, 0.717) is 12.1 Å². The molecule has 6 heteroatoms. The summed E-state index contributed by atoms with van der Waals surface area (Å²) in [6, 6.07) is 5.32. The molecule has 5 nitrogen and oxygen atoms in total. The molecular formula is C17H24FN3O2. The van der Waals surface area contributed by atoms with E-state index in [0.717, 1.165) is 45.3 Å². The van der Waals surface area contributed by atoms with E-state index >= 15 is 0 Å². The van der Waals surface area contributed by atoms with Crippen molar-refractivity contribution < 1.29 is 14.0 Å². The number of nitrogens with zero attached hydrogens (tertiary/aromatic N) is 1. The molecule has 23 heavy (non-hydrogen) atoms. The lowest BCUT2D eigenvalue weighted by atomic mass is 9.89. The van der Waals surface area contributed by atoms with E-state index in [1.165, 1.54) is 12.1 Å². The summed E-state index contributed by atoms with van der Waals surface area (Å²) in [5, 5.41) is 2.58. The predicted octanol–water partition coefficient (Wildman–Crippen LogP) is 2.17. The molecule has 1 aliphatic rings. The van der Waals surface area contributed by atoms with Gasteiger partial charge in [-0.1, -0.05) is 0 Å². The number of Topliss-reactive ketones (excluding diaryl/α,β-unsaturated/α-hetero) is 1. The molecule has 0 unspecified atom stereocenters. The van der Waals surface area contributed by atoms with Gasteiger partial charge in [0, 0.05) is 18.0 Å². The Morgan fingerprint density at radius 1 is 1.17 bits per heavy atom. The summed E-state index contributed by atoms with van der Waals surface area (Å²) in [6.07, 6.45) is 3.58. The highest BCUT2D eigenvalue weighted by Crippen LogP contribution is 2.22. The first-order valence-electron chi connectivity index (χ1n) is 8.11. The van der Waals surface area contributed by atoms with Crippen molar-refractivity contribution in [3.05, 3.63) is 35.6 Å². The number of ketones is 1. The number of nitrogens with two attached hydrogens (primary N) is 1. The van der Waals surface area contributed by atoms with Gasteiger partial charge < -0.3 is 16.0 Å². The number of urea groups is 1. The quantitative estimate of drug-likeness (QED) is 0.597. The van der Waals surface area contributed by atoms with Gasteiger partial charge in [0.1, 0.15) is 5.82 Å². The van der Waals surface area contributed by atoms with E-state index in [1.807, 2.05) is 0 Å². The summed E-state index contributed by atoms with van der Waals surface area (Å²) in [6.45, 7) is 3.38. The van der Waals surface area contributed by atoms with Gasteiger partial charge in [-0.25, -0.2) is 9.18 Å². The topological polar surface area (TPSA) is 75.4 Å². The maximum atomic E-state index is 12.9. The number of hydrogen-bond acceptors (Lipinski definition) is 3. The van der Waals surface area contributed by atoms with E-state index in [9.17, 15) is 14.0 Å². The molecule has 0 saturated carbocycles. The third kappa shape index (κ3) is 5.63. The van der Waals surface area contributed by atoms with Crippen LogP contribution in [0.3, 0.4) is 0 Å². The van der Waals surface area contributed by atoms with Crippen LogP contribution in [0.25, 0.3) is 0 Å². The molecular weight excluding hydrogens is 297 g/mol. The minimum atomic E-state index is -0.481. The van der Waals surface area contributed by atoms with Crippen LogP contribution in [-0.2, 0) is 0 Å². The Morgan fingerprint density at radius 3 is 2.43 bits per heavy atom. The standard InChI is InChI=1S/C17H24FN3O2/c18-15-5-3-13(4-6-15)16(22)14-7-11-21(12-8-14)10-2-1-9-20-17(19)23/h3-6,14H,1-2,7-12H2,(H3,19,20,23). The van der Waals surface area contributed by atoms with E-state index in [4.69, 9.17) is 5.73 Å². The van der Waals surface area contributed by atoms with E-state index in [-0.39, 0.29) is 17.5 Å². The molecule has 1 aromatic rings. The molecule has 2 amide bonds. The molecule has 1 saturated heterocycles. The molecule has 1 fully saturated rings. The number of carbonyl (C=O) groups excluding carboxylic acids is 2. The molecule has 0 spiro atoms. The number of amides is 2. The normalized spacial score (nSPS) is 16.2. The van der Waals surface area contributed by atoms with Crippen molar-refractivity contribution in [2.75, 3.05) is 26.2 Å². The number of benzene rings is 1. The van der Waals surface area contributed by atoms with Crippen molar-refractivity contribution in [1.29, 1.82) is 0 Å². The maximum Gasteiger partial charge on any atom is 0.312 e. The number of likely N-dealkylation sites (tertiary alicyclic amines) is 1. The fraction of sp³-hybridized carbons (Fsp3) is 0.529. The summed E-state index contributed by atoms with van der Waals surface area (Å²) in [5.41, 5.74) is 5.60. The first kappa shape index (κ1) is 17.4. The third-order valence-corrected chi connectivity index (χ3v) is 4.29. The molecule has 0 bridgehead atoms. The largest absolute Gasteiger partial charge is 0.352 e. The molecule has 1 heterocycles. The zero-order valence-electron chi connectivity index (χ0n) is 13.3. The van der Waals surface area contributed by atoms with Crippen LogP contribution in [-0.4, -0.2) is 42.9 Å². The summed E-state index contributed by atoms with van der Waals surface area (Å²) in [4.78, 5) is 25.3. The van der Waals surface area contributed by atoms with Gasteiger partial charge in [0.25, 0.3) is 0 Å². The SMILES string of the molecule is NC(=O)NCCCCN1CCC(C(=O)c2ccc(F)cc2)CC1. The van der Waals surface area contributed by atoms with Crippen LogP contribution < -0.4 is 11.1 Å². The Balaban J connectivity index is 1.68. The minimum absolute atomic E-state index is 0.0354. The molecule has 1 aromatic carbocycles. The molecule has 126 valence electrons. The number of halogens is 1. The second kappa shape index (κ2) is 8.62. The highest BCUT2D eigenvalue weighted by atomic mass is 19.1. The number of primary amides is 1. The molecule has 2 rings (SSSR count). The summed E-state index contributed by atoms with van der Waals surface area (Å²) >= 11 is 0. The lowest BCUT2D eigenvalue weighted by molar-refractivity contribution is 0.0839. The van der Waals surface area contributed by atoms with Crippen LogP contribution in [0, 0.1) is 11.7 Å². The summed E-state index contributed by atoms with van der Waals surface area (Å²) in [5.74, 6) is -0.161. The first-order chi connectivity index (χ1) is 11.1. The number of unbranched alkanes of at least 4 members (excludes halogenated alkanes) is 1. The van der Waals surface area contributed by atoms with Crippen LogP contribution >= 0.6 is 0 Å². The molecule has 1 aliphatic heterocycles. The molecule has 0 aromatic heterocycles. The first-order valence-corrected chi connectivity index (χ1v) is 8.11. The zero-order chi connectivity index (χ0) is 16.7. The zero-order valence-corrected chi connectivity index (χ0v) is 13.3. The van der Waals surface area contributed by atoms with Crippen LogP contribution in [0.5, 0.6) is 0 Å². The van der Waals surface area contributed by atoms with Gasteiger partial charge in [-0.2, -0.15) is 0 Å². The Hall–Kier alpha value is -1.95. The smallest absolute Gasteiger partial charge is 0.312 e. The number of nitrogens with one attached hydrogen (secondary N) is 1. The van der Waals surface area contributed by atoms with Gasteiger partial charge in [-0.3, -0.25) is 4.79 Å². The van der Waals surface area contributed by atoms with Gasteiger partial charge in [0.15, 0.2) is 5.78 Å². The molecule has 0 atom stereocenters. The van der Waals surface area contributed by atoms with Crippen molar-refractivity contribution in [2.45, 2.75) is 25.7 Å². The lowest BCUT2D eigenvalue weighted by Crippen LogP contribution is -2.37. The van der Waals surface area contributed by atoms with Gasteiger partial charge in [-0.05, 0) is 69.6 Å². The number of rotatable bonds is 7. The maximum absolute atomic E-state index is 12.9. The van der Waals surface area contributed by atoms with Gasteiger partial charge in [0.2, 0.25) is 0 Å². The number of piperidine rings is 1. The Morgan fingerprint density at radius 2 is 1.83 bits per heavy atom. The second-order valence-corrected chi connectivity index (χ2v) is 5.99. The van der Waals surface area contributed by atoms with Crippen LogP contribution in [0.4, 0.5) is 9.18 Å². The Bertz CT molecular complexity index is 525. The highest BCUT2D eigenvalue weighted by Gasteiger charge is 2.25. The van der Waals surface area contributed by atoms with Crippen molar-refractivity contribution in [3.8, 4) is 0 Å². The predicted molar refractivity (Wildman–Crippen MR) is 86.7 cm³/mol. The Labute approximate surface area is 136 Å².